The molecule has 7 heteroatoms. The summed E-state index contributed by atoms with van der Waals surface area (Å²) in [6.07, 6.45) is -0.504. The van der Waals surface area contributed by atoms with Crippen LogP contribution in [0.3, 0.4) is 0 Å². The summed E-state index contributed by atoms with van der Waals surface area (Å²) in [5.41, 5.74) is 1.45. The van der Waals surface area contributed by atoms with E-state index < -0.39 is 17.7 Å². The molecule has 35 heavy (non-hydrogen) atoms. The van der Waals surface area contributed by atoms with Gasteiger partial charge in [-0.3, -0.25) is 9.69 Å². The number of hydrogen-bond donors (Lipinski definition) is 1. The van der Waals surface area contributed by atoms with Crippen LogP contribution in [-0.2, 0) is 20.9 Å². The molecule has 7 nitrogen and oxygen atoms in total. The normalized spacial score (nSPS) is 17.7. The van der Waals surface area contributed by atoms with Crippen molar-refractivity contribution < 1.29 is 19.1 Å². The molecule has 2 atom stereocenters. The van der Waals surface area contributed by atoms with Gasteiger partial charge in [0.15, 0.2) is 0 Å². The van der Waals surface area contributed by atoms with Crippen LogP contribution in [0.5, 0.6) is 0 Å². The standard InChI is InChI=1S/C28H29N3O4/c1-28(2,3)35-27(33)31-17-21(34-18-19-9-5-4-6-10-19)15-25(31)26(32)30-24-14-13-20(16-29)22-11-7-8-12-23(22)24/h4-14,21,25H,15,17-18H2,1-3H3,(H,30,32). The van der Waals surface area contributed by atoms with Gasteiger partial charge in [-0.1, -0.05) is 54.6 Å². The molecule has 3 aromatic carbocycles. The Kier molecular flexibility index (Phi) is 7.04. The number of nitriles is 1. The van der Waals surface area contributed by atoms with Crippen molar-refractivity contribution in [1.29, 1.82) is 5.26 Å². The second-order valence-corrected chi connectivity index (χ2v) is 9.61. The SMILES string of the molecule is CC(C)(C)OC(=O)N1CC(OCc2ccccc2)CC1C(=O)Nc1ccc(C#N)c2ccccc12. The predicted octanol–water partition coefficient (Wildman–Crippen LogP) is 5.24. The Hall–Kier alpha value is -3.89. The molecule has 1 aliphatic heterocycles. The van der Waals surface area contributed by atoms with Gasteiger partial charge in [-0.25, -0.2) is 4.79 Å². The summed E-state index contributed by atoms with van der Waals surface area (Å²) >= 11 is 0. The number of amides is 2. The molecule has 1 heterocycles. The van der Waals surface area contributed by atoms with Crippen molar-refractivity contribution in [3.8, 4) is 6.07 Å². The smallest absolute Gasteiger partial charge is 0.411 e. The molecule has 1 saturated heterocycles. The number of carbonyl (C=O) groups is 2. The number of anilines is 1. The molecule has 0 spiro atoms. The minimum Gasteiger partial charge on any atom is -0.444 e. The van der Waals surface area contributed by atoms with Crippen molar-refractivity contribution in [3.63, 3.8) is 0 Å². The highest BCUT2D eigenvalue weighted by atomic mass is 16.6. The van der Waals surface area contributed by atoms with Crippen molar-refractivity contribution in [3.05, 3.63) is 77.9 Å². The molecule has 1 N–H and O–H groups in total. The number of hydrogen-bond acceptors (Lipinski definition) is 5. The van der Waals surface area contributed by atoms with Crippen molar-refractivity contribution >= 4 is 28.5 Å². The molecule has 180 valence electrons. The van der Waals surface area contributed by atoms with Crippen molar-refractivity contribution in [2.24, 2.45) is 0 Å². The third-order valence-electron chi connectivity index (χ3n) is 5.82. The Labute approximate surface area is 205 Å². The van der Waals surface area contributed by atoms with E-state index in [2.05, 4.69) is 11.4 Å². The van der Waals surface area contributed by atoms with Gasteiger partial charge >= 0.3 is 6.09 Å². The maximum Gasteiger partial charge on any atom is 0.411 e. The zero-order valence-corrected chi connectivity index (χ0v) is 20.2. The molecule has 2 amide bonds. The Morgan fingerprint density at radius 3 is 2.40 bits per heavy atom. The summed E-state index contributed by atoms with van der Waals surface area (Å²) < 4.78 is 11.6. The van der Waals surface area contributed by atoms with Crippen molar-refractivity contribution in [2.45, 2.75) is 51.5 Å². The fourth-order valence-corrected chi connectivity index (χ4v) is 4.20. The van der Waals surface area contributed by atoms with Crippen LogP contribution in [0.1, 0.15) is 38.3 Å². The molecule has 0 aromatic heterocycles. The van der Waals surface area contributed by atoms with E-state index >= 15 is 0 Å². The molecule has 4 rings (SSSR count). The molecule has 0 aliphatic carbocycles. The van der Waals surface area contributed by atoms with Crippen LogP contribution in [0.15, 0.2) is 66.7 Å². The number of fused-ring (bicyclic) bond motifs is 1. The Balaban J connectivity index is 1.55. The van der Waals surface area contributed by atoms with Gasteiger partial charge in [0, 0.05) is 22.9 Å². The largest absolute Gasteiger partial charge is 0.444 e. The van der Waals surface area contributed by atoms with Crippen LogP contribution < -0.4 is 5.32 Å². The van der Waals surface area contributed by atoms with Gasteiger partial charge in [0.25, 0.3) is 0 Å². The van der Waals surface area contributed by atoms with Crippen LogP contribution in [0.4, 0.5) is 10.5 Å². The van der Waals surface area contributed by atoms with Gasteiger partial charge < -0.3 is 14.8 Å². The molecule has 0 radical (unpaired) electrons. The number of nitrogens with one attached hydrogen (secondary N) is 1. The first-order chi connectivity index (χ1) is 16.7. The quantitative estimate of drug-likeness (QED) is 0.549. The van der Waals surface area contributed by atoms with Crippen molar-refractivity contribution in [1.82, 2.24) is 4.90 Å². The number of benzene rings is 3. The molecule has 0 bridgehead atoms. The van der Waals surface area contributed by atoms with Crippen molar-refractivity contribution in [2.75, 3.05) is 11.9 Å². The van der Waals surface area contributed by atoms with Gasteiger partial charge in [0.2, 0.25) is 5.91 Å². The van der Waals surface area contributed by atoms with Crippen LogP contribution >= 0.6 is 0 Å². The minimum atomic E-state index is -0.750. The summed E-state index contributed by atoms with van der Waals surface area (Å²) in [6.45, 7) is 6.03. The lowest BCUT2D eigenvalue weighted by Gasteiger charge is -2.28. The summed E-state index contributed by atoms with van der Waals surface area (Å²) in [5.74, 6) is -0.323. The van der Waals surface area contributed by atoms with E-state index in [9.17, 15) is 14.9 Å². The lowest BCUT2D eigenvalue weighted by Crippen LogP contribution is -2.45. The fourth-order valence-electron chi connectivity index (χ4n) is 4.20. The molecular weight excluding hydrogens is 442 g/mol. The van der Waals surface area contributed by atoms with E-state index in [1.165, 1.54) is 4.90 Å². The van der Waals surface area contributed by atoms with E-state index in [-0.39, 0.29) is 18.6 Å². The zero-order valence-electron chi connectivity index (χ0n) is 20.2. The van der Waals surface area contributed by atoms with E-state index in [1.807, 2.05) is 54.6 Å². The number of likely N-dealkylation sites (tertiary alicyclic amines) is 1. The average molecular weight is 472 g/mol. The highest BCUT2D eigenvalue weighted by molar-refractivity contribution is 6.06. The topological polar surface area (TPSA) is 91.7 Å². The molecule has 3 aromatic rings. The monoisotopic (exact) mass is 471 g/mol. The van der Waals surface area contributed by atoms with E-state index in [0.717, 1.165) is 16.3 Å². The van der Waals surface area contributed by atoms with Gasteiger partial charge in [0.05, 0.1) is 30.9 Å². The van der Waals surface area contributed by atoms with Gasteiger partial charge in [0.1, 0.15) is 11.6 Å². The second kappa shape index (κ2) is 10.2. The first kappa shape index (κ1) is 24.2. The number of ether oxygens (including phenoxy) is 2. The average Bonchev–Trinajstić information content (AvgIpc) is 3.27. The Morgan fingerprint density at radius 1 is 1.03 bits per heavy atom. The van der Waals surface area contributed by atoms with E-state index in [0.29, 0.717) is 24.3 Å². The first-order valence-electron chi connectivity index (χ1n) is 11.6. The Morgan fingerprint density at radius 2 is 1.71 bits per heavy atom. The first-order valence-corrected chi connectivity index (χ1v) is 11.6. The number of rotatable bonds is 5. The van der Waals surface area contributed by atoms with E-state index in [1.54, 1.807) is 32.9 Å². The van der Waals surface area contributed by atoms with Gasteiger partial charge in [-0.15, -0.1) is 0 Å². The summed E-state index contributed by atoms with van der Waals surface area (Å²) in [7, 11) is 0. The number of carbonyl (C=O) groups excluding carboxylic acids is 2. The maximum atomic E-state index is 13.4. The molecular formula is C28H29N3O4. The fraction of sp³-hybridized carbons (Fsp3) is 0.321. The third-order valence-corrected chi connectivity index (χ3v) is 5.82. The number of nitrogens with zero attached hydrogens (tertiary/aromatic N) is 2. The van der Waals surface area contributed by atoms with E-state index in [4.69, 9.17) is 9.47 Å². The zero-order chi connectivity index (χ0) is 25.0. The molecule has 2 unspecified atom stereocenters. The molecule has 1 aliphatic rings. The lowest BCUT2D eigenvalue weighted by atomic mass is 10.0. The van der Waals surface area contributed by atoms with Crippen LogP contribution in [-0.4, -0.2) is 41.2 Å². The third kappa shape index (κ3) is 5.79. The van der Waals surface area contributed by atoms with Crippen LogP contribution in [0.2, 0.25) is 0 Å². The highest BCUT2D eigenvalue weighted by Crippen LogP contribution is 2.29. The minimum absolute atomic E-state index is 0.258. The summed E-state index contributed by atoms with van der Waals surface area (Å²) in [4.78, 5) is 27.9. The highest BCUT2D eigenvalue weighted by Gasteiger charge is 2.42. The molecule has 1 fully saturated rings. The van der Waals surface area contributed by atoms with Crippen LogP contribution in [0, 0.1) is 11.3 Å². The predicted molar refractivity (Wildman–Crippen MR) is 134 cm³/mol. The summed E-state index contributed by atoms with van der Waals surface area (Å²) in [5, 5.41) is 13.9. The van der Waals surface area contributed by atoms with Gasteiger partial charge in [-0.05, 0) is 38.5 Å². The molecule has 0 saturated carbocycles. The summed E-state index contributed by atoms with van der Waals surface area (Å²) in [6, 6.07) is 22.0. The Bertz CT molecular complexity index is 1260. The van der Waals surface area contributed by atoms with Crippen LogP contribution in [0.25, 0.3) is 10.8 Å². The lowest BCUT2D eigenvalue weighted by molar-refractivity contribution is -0.120. The maximum absolute atomic E-state index is 13.4. The second-order valence-electron chi connectivity index (χ2n) is 9.61. The van der Waals surface area contributed by atoms with Gasteiger partial charge in [-0.2, -0.15) is 5.26 Å².